The van der Waals surface area contributed by atoms with E-state index in [2.05, 4.69) is 0 Å². The molecule has 0 heterocycles. The molecule has 1 amide bonds. The van der Waals surface area contributed by atoms with Crippen LogP contribution in [0.25, 0.3) is 0 Å². The van der Waals surface area contributed by atoms with Gasteiger partial charge in [0.1, 0.15) is 6.61 Å². The van der Waals surface area contributed by atoms with E-state index >= 15 is 0 Å². The van der Waals surface area contributed by atoms with Crippen molar-refractivity contribution in [3.05, 3.63) is 24.3 Å². The summed E-state index contributed by atoms with van der Waals surface area (Å²) in [4.78, 5) is 13.5. The summed E-state index contributed by atoms with van der Waals surface area (Å²) in [5.41, 5.74) is 7.07. The average molecular weight is 266 g/mol. The molecule has 1 aromatic rings. The third kappa shape index (κ3) is 5.28. The molecule has 1 unspecified atom stereocenters. The zero-order chi connectivity index (χ0) is 14.3. The van der Waals surface area contributed by atoms with Crippen molar-refractivity contribution in [1.29, 1.82) is 0 Å². The highest BCUT2D eigenvalue weighted by Crippen LogP contribution is 2.14. The zero-order valence-electron chi connectivity index (χ0n) is 11.8. The molecule has 5 nitrogen and oxygen atoms in total. The molecule has 0 bridgehead atoms. The number of nitrogen functional groups attached to an aromatic ring is 1. The molecule has 1 rings (SSSR count). The third-order valence-corrected chi connectivity index (χ3v) is 2.70. The standard InChI is InChI=1S/C14H22N2O3/c1-4-18-9-11(2)19-10-14(17)16(3)13-7-5-12(15)6-8-13/h5-8,11H,4,9-10,15H2,1-3H3. The van der Waals surface area contributed by atoms with Crippen molar-refractivity contribution in [2.24, 2.45) is 0 Å². The van der Waals surface area contributed by atoms with Crippen molar-refractivity contribution in [3.63, 3.8) is 0 Å². The van der Waals surface area contributed by atoms with Crippen molar-refractivity contribution < 1.29 is 14.3 Å². The number of anilines is 2. The van der Waals surface area contributed by atoms with Crippen LogP contribution in [0.1, 0.15) is 13.8 Å². The normalized spacial score (nSPS) is 12.2. The molecule has 0 fully saturated rings. The Morgan fingerprint density at radius 3 is 2.58 bits per heavy atom. The molecule has 1 atom stereocenters. The molecule has 0 aliphatic heterocycles. The Morgan fingerprint density at radius 2 is 2.00 bits per heavy atom. The lowest BCUT2D eigenvalue weighted by Crippen LogP contribution is -2.32. The number of benzene rings is 1. The lowest BCUT2D eigenvalue weighted by Gasteiger charge is -2.19. The zero-order valence-corrected chi connectivity index (χ0v) is 11.8. The summed E-state index contributed by atoms with van der Waals surface area (Å²) in [6.45, 7) is 4.98. The fraction of sp³-hybridized carbons (Fsp3) is 0.500. The summed E-state index contributed by atoms with van der Waals surface area (Å²) in [6.07, 6.45) is -0.0938. The van der Waals surface area contributed by atoms with E-state index in [-0.39, 0.29) is 18.6 Å². The molecule has 19 heavy (non-hydrogen) atoms. The van der Waals surface area contributed by atoms with Crippen molar-refractivity contribution >= 4 is 17.3 Å². The molecule has 0 spiro atoms. The number of hydrogen-bond acceptors (Lipinski definition) is 4. The van der Waals surface area contributed by atoms with Crippen LogP contribution < -0.4 is 10.6 Å². The van der Waals surface area contributed by atoms with Gasteiger partial charge in [-0.2, -0.15) is 0 Å². The second-order valence-corrected chi connectivity index (χ2v) is 4.33. The number of carbonyl (C=O) groups excluding carboxylic acids is 1. The Labute approximate surface area is 114 Å². The minimum absolute atomic E-state index is 0.0368. The van der Waals surface area contributed by atoms with Gasteiger partial charge in [-0.1, -0.05) is 0 Å². The van der Waals surface area contributed by atoms with Gasteiger partial charge < -0.3 is 20.1 Å². The molecular formula is C14H22N2O3. The van der Waals surface area contributed by atoms with Gasteiger partial charge in [-0.15, -0.1) is 0 Å². The van der Waals surface area contributed by atoms with Crippen molar-refractivity contribution in [2.45, 2.75) is 20.0 Å². The van der Waals surface area contributed by atoms with Crippen molar-refractivity contribution in [1.82, 2.24) is 0 Å². The van der Waals surface area contributed by atoms with E-state index < -0.39 is 0 Å². The first-order valence-corrected chi connectivity index (χ1v) is 6.36. The topological polar surface area (TPSA) is 64.8 Å². The maximum Gasteiger partial charge on any atom is 0.252 e. The van der Waals surface area contributed by atoms with Gasteiger partial charge in [-0.3, -0.25) is 4.79 Å². The maximum absolute atomic E-state index is 11.9. The first-order chi connectivity index (χ1) is 9.04. The van der Waals surface area contributed by atoms with E-state index in [9.17, 15) is 4.79 Å². The van der Waals surface area contributed by atoms with Gasteiger partial charge in [-0.05, 0) is 38.1 Å². The number of nitrogens with two attached hydrogens (primary N) is 1. The number of hydrogen-bond donors (Lipinski definition) is 1. The molecule has 0 aliphatic carbocycles. The number of nitrogens with zero attached hydrogens (tertiary/aromatic N) is 1. The van der Waals surface area contributed by atoms with E-state index in [4.69, 9.17) is 15.2 Å². The van der Waals surface area contributed by atoms with Crippen LogP contribution in [0.3, 0.4) is 0 Å². The minimum Gasteiger partial charge on any atom is -0.399 e. The van der Waals surface area contributed by atoms with Gasteiger partial charge in [0.25, 0.3) is 5.91 Å². The fourth-order valence-corrected chi connectivity index (χ4v) is 1.48. The Kier molecular flexibility index (Phi) is 6.32. The maximum atomic E-state index is 11.9. The SMILES string of the molecule is CCOCC(C)OCC(=O)N(C)c1ccc(N)cc1. The third-order valence-electron chi connectivity index (χ3n) is 2.70. The van der Waals surface area contributed by atoms with E-state index in [0.717, 1.165) is 5.69 Å². The highest BCUT2D eigenvalue weighted by molar-refractivity contribution is 5.93. The average Bonchev–Trinajstić information content (AvgIpc) is 2.42. The van der Waals surface area contributed by atoms with Crippen LogP contribution in [0.2, 0.25) is 0 Å². The second-order valence-electron chi connectivity index (χ2n) is 4.33. The fourth-order valence-electron chi connectivity index (χ4n) is 1.48. The minimum atomic E-state index is -0.104. The summed E-state index contributed by atoms with van der Waals surface area (Å²) < 4.78 is 10.7. The number of rotatable bonds is 7. The van der Waals surface area contributed by atoms with E-state index in [1.165, 1.54) is 0 Å². The number of likely N-dealkylation sites (N-methyl/N-ethyl adjacent to an activating group) is 1. The number of amides is 1. The van der Waals surface area contributed by atoms with Crippen molar-refractivity contribution in [3.8, 4) is 0 Å². The van der Waals surface area contributed by atoms with Gasteiger partial charge in [-0.25, -0.2) is 0 Å². The monoisotopic (exact) mass is 266 g/mol. The van der Waals surface area contributed by atoms with Crippen LogP contribution in [0.4, 0.5) is 11.4 Å². The van der Waals surface area contributed by atoms with Gasteiger partial charge >= 0.3 is 0 Å². The number of carbonyl (C=O) groups is 1. The van der Waals surface area contributed by atoms with E-state index in [0.29, 0.717) is 18.9 Å². The molecule has 2 N–H and O–H groups in total. The smallest absolute Gasteiger partial charge is 0.252 e. The number of ether oxygens (including phenoxy) is 2. The highest BCUT2D eigenvalue weighted by Gasteiger charge is 2.12. The highest BCUT2D eigenvalue weighted by atomic mass is 16.5. The molecule has 0 aliphatic rings. The molecule has 106 valence electrons. The van der Waals surface area contributed by atoms with E-state index in [1.807, 2.05) is 13.8 Å². The van der Waals surface area contributed by atoms with Crippen LogP contribution in [0.5, 0.6) is 0 Å². The molecule has 0 aromatic heterocycles. The van der Waals surface area contributed by atoms with Crippen molar-refractivity contribution in [2.75, 3.05) is 37.5 Å². The van der Waals surface area contributed by atoms with Crippen LogP contribution >= 0.6 is 0 Å². The molecule has 5 heteroatoms. The Morgan fingerprint density at radius 1 is 1.37 bits per heavy atom. The molecule has 0 saturated heterocycles. The summed E-state index contributed by atoms with van der Waals surface area (Å²) in [6, 6.07) is 7.13. The quantitative estimate of drug-likeness (QED) is 0.762. The lowest BCUT2D eigenvalue weighted by molar-refractivity contribution is -0.125. The van der Waals surface area contributed by atoms with Crippen LogP contribution in [-0.2, 0) is 14.3 Å². The lowest BCUT2D eigenvalue weighted by atomic mass is 10.2. The molecular weight excluding hydrogens is 244 g/mol. The first-order valence-electron chi connectivity index (χ1n) is 6.36. The summed E-state index contributed by atoms with van der Waals surface area (Å²) in [5.74, 6) is -0.104. The Hall–Kier alpha value is -1.59. The Bertz CT molecular complexity index is 392. The van der Waals surface area contributed by atoms with Crippen LogP contribution in [0, 0.1) is 0 Å². The summed E-state index contributed by atoms with van der Waals surface area (Å²) in [5, 5.41) is 0. The predicted molar refractivity (Wildman–Crippen MR) is 76.2 cm³/mol. The summed E-state index contributed by atoms with van der Waals surface area (Å²) >= 11 is 0. The molecule has 0 saturated carbocycles. The summed E-state index contributed by atoms with van der Waals surface area (Å²) in [7, 11) is 1.71. The largest absolute Gasteiger partial charge is 0.399 e. The second kappa shape index (κ2) is 7.76. The first kappa shape index (κ1) is 15.5. The Balaban J connectivity index is 2.42. The molecule has 1 aromatic carbocycles. The van der Waals surface area contributed by atoms with E-state index in [1.54, 1.807) is 36.2 Å². The van der Waals surface area contributed by atoms with Crippen LogP contribution in [0.15, 0.2) is 24.3 Å². The van der Waals surface area contributed by atoms with Gasteiger partial charge in [0.05, 0.1) is 12.7 Å². The molecule has 0 radical (unpaired) electrons. The van der Waals surface area contributed by atoms with Gasteiger partial charge in [0.15, 0.2) is 0 Å². The van der Waals surface area contributed by atoms with Gasteiger partial charge in [0.2, 0.25) is 0 Å². The van der Waals surface area contributed by atoms with Gasteiger partial charge in [0, 0.05) is 25.0 Å². The predicted octanol–water partition coefficient (Wildman–Crippen LogP) is 1.67. The van der Waals surface area contributed by atoms with Crippen LogP contribution in [-0.4, -0.2) is 38.9 Å².